The van der Waals surface area contributed by atoms with Crippen LogP contribution in [0.15, 0.2) is 0 Å². The minimum atomic E-state index is 0.445. The molecule has 0 aromatic heterocycles. The Labute approximate surface area is 117 Å². The van der Waals surface area contributed by atoms with Crippen molar-refractivity contribution in [2.45, 2.75) is 54.8 Å². The fraction of sp³-hybridized carbons (Fsp3) is 0.923. The molecule has 0 atom stereocenters. The summed E-state index contributed by atoms with van der Waals surface area (Å²) in [7, 11) is 0. The van der Waals surface area contributed by atoms with E-state index in [1.165, 1.54) is 50.7 Å². The molecule has 0 bridgehead atoms. The monoisotopic (exact) mass is 352 g/mol. The second-order valence-corrected chi connectivity index (χ2v) is 8.65. The largest absolute Gasteiger partial charge is 0.299 e. The molecule has 2 aliphatic rings. The number of thioether (sulfide) groups is 1. The molecule has 3 heteroatoms. The molecule has 0 aromatic rings. The van der Waals surface area contributed by atoms with E-state index in [1.807, 2.05) is 11.8 Å². The zero-order chi connectivity index (χ0) is 11.4. The Hall–Kier alpha value is 0.750. The number of halogens is 1. The molecule has 2 fully saturated rings. The van der Waals surface area contributed by atoms with Crippen molar-refractivity contribution < 1.29 is 4.79 Å². The van der Waals surface area contributed by atoms with E-state index in [-0.39, 0.29) is 0 Å². The second-order valence-electron chi connectivity index (χ2n) is 5.25. The van der Waals surface area contributed by atoms with Gasteiger partial charge in [0.25, 0.3) is 0 Å². The summed E-state index contributed by atoms with van der Waals surface area (Å²) >= 11 is 4.65. The van der Waals surface area contributed by atoms with E-state index in [2.05, 4.69) is 22.6 Å². The van der Waals surface area contributed by atoms with Crippen LogP contribution in [0.1, 0.15) is 51.4 Å². The van der Waals surface area contributed by atoms with Crippen LogP contribution < -0.4 is 0 Å². The molecule has 0 amide bonds. The first-order valence-corrected chi connectivity index (χ1v) is 8.72. The van der Waals surface area contributed by atoms with Crippen molar-refractivity contribution in [3.05, 3.63) is 0 Å². The third-order valence-electron chi connectivity index (χ3n) is 3.91. The van der Waals surface area contributed by atoms with Gasteiger partial charge in [-0.25, -0.2) is 0 Å². The Morgan fingerprint density at radius 3 is 2.50 bits per heavy atom. The lowest BCUT2D eigenvalue weighted by molar-refractivity contribution is -0.124. The van der Waals surface area contributed by atoms with E-state index < -0.39 is 0 Å². The predicted molar refractivity (Wildman–Crippen MR) is 79.5 cm³/mol. The predicted octanol–water partition coefficient (Wildman–Crippen LogP) is 4.23. The molecular weight excluding hydrogens is 331 g/mol. The van der Waals surface area contributed by atoms with Crippen LogP contribution >= 0.6 is 34.4 Å². The fourth-order valence-corrected chi connectivity index (χ4v) is 5.08. The molecule has 2 aliphatic carbocycles. The minimum Gasteiger partial charge on any atom is -0.299 e. The Bertz CT molecular complexity index is 244. The number of carbonyl (C=O) groups excluding carboxylic acids is 1. The maximum atomic E-state index is 11.7. The second kappa shape index (κ2) is 6.07. The fourth-order valence-electron chi connectivity index (χ4n) is 2.52. The molecule has 0 aliphatic heterocycles. The average molecular weight is 352 g/mol. The molecule has 92 valence electrons. The van der Waals surface area contributed by atoms with Gasteiger partial charge in [0.05, 0.1) is 0 Å². The van der Waals surface area contributed by atoms with Crippen molar-refractivity contribution in [3.63, 3.8) is 0 Å². The standard InChI is InChI=1S/C13H21IOS/c14-13(7-1-2-8-13)10-16-9-6-12(15)11-4-3-5-11/h11H,1-10H2. The number of hydrogen-bond donors (Lipinski definition) is 0. The molecule has 0 unspecified atom stereocenters. The van der Waals surface area contributed by atoms with Gasteiger partial charge in [-0.15, -0.1) is 0 Å². The first-order valence-electron chi connectivity index (χ1n) is 6.49. The van der Waals surface area contributed by atoms with Crippen molar-refractivity contribution in [2.24, 2.45) is 5.92 Å². The molecule has 16 heavy (non-hydrogen) atoms. The summed E-state index contributed by atoms with van der Waals surface area (Å²) < 4.78 is 0.557. The smallest absolute Gasteiger partial charge is 0.136 e. The molecular formula is C13H21IOS. The number of hydrogen-bond acceptors (Lipinski definition) is 2. The lowest BCUT2D eigenvalue weighted by atomic mass is 9.81. The normalized spacial score (nSPS) is 24.3. The van der Waals surface area contributed by atoms with E-state index in [0.717, 1.165) is 12.2 Å². The number of carbonyl (C=O) groups is 1. The summed E-state index contributed by atoms with van der Waals surface area (Å²) in [5.41, 5.74) is 0. The summed E-state index contributed by atoms with van der Waals surface area (Å²) in [6.45, 7) is 0. The van der Waals surface area contributed by atoms with Gasteiger partial charge < -0.3 is 0 Å². The van der Waals surface area contributed by atoms with Gasteiger partial charge in [-0.05, 0) is 25.7 Å². The number of ketones is 1. The maximum Gasteiger partial charge on any atom is 0.136 e. The summed E-state index contributed by atoms with van der Waals surface area (Å²) in [4.78, 5) is 11.7. The van der Waals surface area contributed by atoms with E-state index in [0.29, 0.717) is 15.1 Å². The van der Waals surface area contributed by atoms with E-state index >= 15 is 0 Å². The maximum absolute atomic E-state index is 11.7. The highest BCUT2D eigenvalue weighted by molar-refractivity contribution is 14.1. The first-order chi connectivity index (χ1) is 7.70. The highest BCUT2D eigenvalue weighted by Crippen LogP contribution is 2.40. The van der Waals surface area contributed by atoms with Crippen molar-refractivity contribution in [1.82, 2.24) is 0 Å². The average Bonchev–Trinajstić information content (AvgIpc) is 2.58. The van der Waals surface area contributed by atoms with Gasteiger partial charge in [0.1, 0.15) is 5.78 Å². The Morgan fingerprint density at radius 2 is 1.94 bits per heavy atom. The van der Waals surface area contributed by atoms with Gasteiger partial charge in [-0.1, -0.05) is 41.9 Å². The zero-order valence-electron chi connectivity index (χ0n) is 9.84. The quantitative estimate of drug-likeness (QED) is 0.404. The molecule has 0 saturated heterocycles. The molecule has 2 rings (SSSR count). The van der Waals surface area contributed by atoms with Gasteiger partial charge in [0.15, 0.2) is 0 Å². The molecule has 1 nitrogen and oxygen atoms in total. The summed E-state index contributed by atoms with van der Waals surface area (Å²) in [6, 6.07) is 0. The number of Topliss-reactive ketones (excluding diaryl/α,β-unsaturated/α-hetero) is 1. The summed E-state index contributed by atoms with van der Waals surface area (Å²) in [5, 5.41) is 0. The molecule has 0 spiro atoms. The topological polar surface area (TPSA) is 17.1 Å². The van der Waals surface area contributed by atoms with Crippen LogP contribution in [-0.4, -0.2) is 20.7 Å². The lowest BCUT2D eigenvalue weighted by Gasteiger charge is -2.24. The Balaban J connectivity index is 1.55. The van der Waals surface area contributed by atoms with E-state index in [1.54, 1.807) is 0 Å². The molecule has 0 N–H and O–H groups in total. The number of rotatable bonds is 6. The SMILES string of the molecule is O=C(CCSCC1(I)CCCC1)C1CCC1. The van der Waals surface area contributed by atoms with Crippen LogP contribution in [-0.2, 0) is 4.79 Å². The number of alkyl halides is 1. The van der Waals surface area contributed by atoms with Gasteiger partial charge in [-0.2, -0.15) is 11.8 Å². The van der Waals surface area contributed by atoms with Crippen LogP contribution in [0.2, 0.25) is 0 Å². The highest BCUT2D eigenvalue weighted by Gasteiger charge is 2.30. The van der Waals surface area contributed by atoms with Crippen LogP contribution in [0.25, 0.3) is 0 Å². The first kappa shape index (κ1) is 13.2. The van der Waals surface area contributed by atoms with Gasteiger partial charge in [0, 0.05) is 27.3 Å². The van der Waals surface area contributed by atoms with Crippen molar-refractivity contribution in [2.75, 3.05) is 11.5 Å². The molecule has 0 heterocycles. The van der Waals surface area contributed by atoms with Gasteiger partial charge in [-0.3, -0.25) is 4.79 Å². The minimum absolute atomic E-state index is 0.445. The van der Waals surface area contributed by atoms with E-state index in [9.17, 15) is 4.79 Å². The van der Waals surface area contributed by atoms with Gasteiger partial charge in [0.2, 0.25) is 0 Å². The van der Waals surface area contributed by atoms with Crippen molar-refractivity contribution in [1.29, 1.82) is 0 Å². The summed E-state index contributed by atoms with van der Waals surface area (Å²) in [6.07, 6.45) is 10.0. The van der Waals surface area contributed by atoms with Gasteiger partial charge >= 0.3 is 0 Å². The van der Waals surface area contributed by atoms with Crippen molar-refractivity contribution in [3.8, 4) is 0 Å². The molecule has 0 aromatic carbocycles. The molecule has 0 radical (unpaired) electrons. The van der Waals surface area contributed by atoms with Crippen LogP contribution in [0, 0.1) is 5.92 Å². The Morgan fingerprint density at radius 1 is 1.25 bits per heavy atom. The van der Waals surface area contributed by atoms with Crippen LogP contribution in [0.5, 0.6) is 0 Å². The zero-order valence-corrected chi connectivity index (χ0v) is 12.8. The Kier molecular flexibility index (Phi) is 5.01. The lowest BCUT2D eigenvalue weighted by Crippen LogP contribution is -2.23. The highest BCUT2D eigenvalue weighted by atomic mass is 127. The summed E-state index contributed by atoms with van der Waals surface area (Å²) in [5.74, 6) is 3.29. The molecule has 2 saturated carbocycles. The van der Waals surface area contributed by atoms with Crippen LogP contribution in [0.3, 0.4) is 0 Å². The third kappa shape index (κ3) is 3.62. The van der Waals surface area contributed by atoms with Crippen LogP contribution in [0.4, 0.5) is 0 Å². The van der Waals surface area contributed by atoms with Crippen molar-refractivity contribution >= 4 is 40.1 Å². The third-order valence-corrected chi connectivity index (χ3v) is 7.14. The van der Waals surface area contributed by atoms with E-state index in [4.69, 9.17) is 0 Å².